The molecule has 0 aliphatic rings. The highest BCUT2D eigenvalue weighted by atomic mass is 16.5. The van der Waals surface area contributed by atoms with Crippen molar-refractivity contribution < 1.29 is 24.2 Å². The Labute approximate surface area is 99.6 Å². The third kappa shape index (κ3) is 6.34. The fraction of sp³-hybridized carbons (Fsp3) is 0.545. The molecule has 6 nitrogen and oxygen atoms in total. The normalized spacial score (nSPS) is 12.5. The quantitative estimate of drug-likeness (QED) is 0.518. The van der Waals surface area contributed by atoms with Crippen molar-refractivity contribution in [2.75, 3.05) is 6.61 Å². The largest absolute Gasteiger partial charge is 0.478 e. The van der Waals surface area contributed by atoms with Crippen LogP contribution in [0.1, 0.15) is 20.8 Å². The zero-order chi connectivity index (χ0) is 13.4. The minimum Gasteiger partial charge on any atom is -0.478 e. The number of nitrogens with one attached hydrogen (secondary N) is 1. The summed E-state index contributed by atoms with van der Waals surface area (Å²) in [6.07, 6.45) is 1.56. The second-order valence-corrected chi connectivity index (χ2v) is 3.65. The molecule has 0 rings (SSSR count). The lowest BCUT2D eigenvalue weighted by Crippen LogP contribution is -2.44. The maximum absolute atomic E-state index is 11.5. The highest BCUT2D eigenvalue weighted by Gasteiger charge is 2.24. The number of aliphatic carboxylic acids is 1. The van der Waals surface area contributed by atoms with Gasteiger partial charge in [0.15, 0.2) is 0 Å². The Balaban J connectivity index is 4.50. The average molecular weight is 243 g/mol. The SMILES string of the molecule is CCOC(=O)C(NC(=O)/C=C/C(=O)O)C(C)C. The van der Waals surface area contributed by atoms with Gasteiger partial charge in [-0.2, -0.15) is 0 Å². The van der Waals surface area contributed by atoms with Crippen LogP contribution in [0.25, 0.3) is 0 Å². The molecule has 0 aliphatic heterocycles. The summed E-state index contributed by atoms with van der Waals surface area (Å²) >= 11 is 0. The number of esters is 1. The van der Waals surface area contributed by atoms with E-state index in [-0.39, 0.29) is 12.5 Å². The lowest BCUT2D eigenvalue weighted by Gasteiger charge is -2.19. The van der Waals surface area contributed by atoms with Crippen molar-refractivity contribution in [3.63, 3.8) is 0 Å². The maximum Gasteiger partial charge on any atom is 0.328 e. The van der Waals surface area contributed by atoms with Crippen LogP contribution in [0.15, 0.2) is 12.2 Å². The topological polar surface area (TPSA) is 92.7 Å². The Bertz CT molecular complexity index is 322. The number of ether oxygens (including phenoxy) is 1. The summed E-state index contributed by atoms with van der Waals surface area (Å²) in [5.74, 6) is -2.53. The maximum atomic E-state index is 11.5. The van der Waals surface area contributed by atoms with Crippen LogP contribution in [0.4, 0.5) is 0 Å². The summed E-state index contributed by atoms with van der Waals surface area (Å²) in [6.45, 7) is 5.40. The van der Waals surface area contributed by atoms with Crippen LogP contribution in [-0.4, -0.2) is 35.6 Å². The van der Waals surface area contributed by atoms with Crippen LogP contribution in [0.5, 0.6) is 0 Å². The molecule has 0 aromatic heterocycles. The van der Waals surface area contributed by atoms with E-state index in [1.807, 2.05) is 0 Å². The van der Waals surface area contributed by atoms with Gasteiger partial charge in [0, 0.05) is 12.2 Å². The fourth-order valence-corrected chi connectivity index (χ4v) is 1.08. The molecule has 0 spiro atoms. The smallest absolute Gasteiger partial charge is 0.328 e. The molecule has 6 heteroatoms. The van der Waals surface area contributed by atoms with E-state index in [0.29, 0.717) is 6.08 Å². The Morgan fingerprint density at radius 1 is 1.29 bits per heavy atom. The first-order chi connectivity index (χ1) is 7.88. The van der Waals surface area contributed by atoms with Gasteiger partial charge in [-0.3, -0.25) is 4.79 Å². The molecule has 0 fully saturated rings. The number of hydrogen-bond donors (Lipinski definition) is 2. The molecule has 96 valence electrons. The Morgan fingerprint density at radius 2 is 1.88 bits per heavy atom. The van der Waals surface area contributed by atoms with E-state index in [4.69, 9.17) is 9.84 Å². The summed E-state index contributed by atoms with van der Waals surface area (Å²) in [4.78, 5) is 33.0. The Hall–Kier alpha value is -1.85. The highest BCUT2D eigenvalue weighted by Crippen LogP contribution is 2.04. The van der Waals surface area contributed by atoms with Gasteiger partial charge in [0.2, 0.25) is 5.91 Å². The zero-order valence-corrected chi connectivity index (χ0v) is 10.1. The Kier molecular flexibility index (Phi) is 6.62. The standard InChI is InChI=1S/C11H17NO5/c1-4-17-11(16)10(7(2)3)12-8(13)5-6-9(14)15/h5-7,10H,4H2,1-3H3,(H,12,13)(H,14,15)/b6-5+. The predicted octanol–water partition coefficient (Wildman–Crippen LogP) is 0.331. The van der Waals surface area contributed by atoms with Crippen molar-refractivity contribution >= 4 is 17.8 Å². The number of carboxylic acid groups (broad SMARTS) is 1. The minimum absolute atomic E-state index is 0.142. The van der Waals surface area contributed by atoms with E-state index in [9.17, 15) is 14.4 Å². The molecule has 1 atom stereocenters. The van der Waals surface area contributed by atoms with Gasteiger partial charge in [-0.1, -0.05) is 13.8 Å². The summed E-state index contributed by atoms with van der Waals surface area (Å²) in [5.41, 5.74) is 0. The molecule has 0 aliphatic carbocycles. The van der Waals surface area contributed by atoms with Gasteiger partial charge in [-0.05, 0) is 12.8 Å². The van der Waals surface area contributed by atoms with Gasteiger partial charge >= 0.3 is 11.9 Å². The van der Waals surface area contributed by atoms with Crippen molar-refractivity contribution in [2.45, 2.75) is 26.8 Å². The van der Waals surface area contributed by atoms with Crippen LogP contribution in [-0.2, 0) is 19.1 Å². The first-order valence-corrected chi connectivity index (χ1v) is 5.26. The number of rotatable bonds is 6. The first-order valence-electron chi connectivity index (χ1n) is 5.26. The molecule has 0 radical (unpaired) electrons. The van der Waals surface area contributed by atoms with E-state index in [1.165, 1.54) is 0 Å². The van der Waals surface area contributed by atoms with Crippen LogP contribution in [0.3, 0.4) is 0 Å². The van der Waals surface area contributed by atoms with Gasteiger partial charge in [0.25, 0.3) is 0 Å². The summed E-state index contributed by atoms with van der Waals surface area (Å²) < 4.78 is 4.80. The van der Waals surface area contributed by atoms with Crippen molar-refractivity contribution in [1.29, 1.82) is 0 Å². The van der Waals surface area contributed by atoms with Gasteiger partial charge in [0.1, 0.15) is 6.04 Å². The number of carboxylic acids is 1. The number of amides is 1. The van der Waals surface area contributed by atoms with E-state index < -0.39 is 23.9 Å². The Morgan fingerprint density at radius 3 is 2.29 bits per heavy atom. The number of hydrogen-bond acceptors (Lipinski definition) is 4. The first kappa shape index (κ1) is 15.2. The van der Waals surface area contributed by atoms with E-state index >= 15 is 0 Å². The summed E-state index contributed by atoms with van der Waals surface area (Å²) in [5, 5.41) is 10.7. The molecule has 0 aromatic carbocycles. The average Bonchev–Trinajstić information content (AvgIpc) is 2.22. The molecule has 0 bridgehead atoms. The molecule has 0 saturated heterocycles. The van der Waals surface area contributed by atoms with Crippen molar-refractivity contribution in [3.8, 4) is 0 Å². The van der Waals surface area contributed by atoms with Gasteiger partial charge in [0.05, 0.1) is 6.61 Å². The summed E-state index contributed by atoms with van der Waals surface area (Å²) in [6, 6.07) is -0.777. The molecule has 0 heterocycles. The molecular weight excluding hydrogens is 226 g/mol. The molecule has 2 N–H and O–H groups in total. The third-order valence-corrected chi connectivity index (χ3v) is 1.88. The second kappa shape index (κ2) is 7.43. The van der Waals surface area contributed by atoms with E-state index in [1.54, 1.807) is 20.8 Å². The molecule has 1 unspecified atom stereocenters. The second-order valence-electron chi connectivity index (χ2n) is 3.65. The van der Waals surface area contributed by atoms with Crippen molar-refractivity contribution in [3.05, 3.63) is 12.2 Å². The lowest BCUT2D eigenvalue weighted by molar-refractivity contribution is -0.148. The van der Waals surface area contributed by atoms with Crippen LogP contribution in [0.2, 0.25) is 0 Å². The van der Waals surface area contributed by atoms with Crippen LogP contribution < -0.4 is 5.32 Å². The van der Waals surface area contributed by atoms with Gasteiger partial charge < -0.3 is 15.2 Å². The predicted molar refractivity (Wildman–Crippen MR) is 60.2 cm³/mol. The number of carbonyl (C=O) groups excluding carboxylic acids is 2. The van der Waals surface area contributed by atoms with Gasteiger partial charge in [-0.25, -0.2) is 9.59 Å². The lowest BCUT2D eigenvalue weighted by atomic mass is 10.0. The van der Waals surface area contributed by atoms with Crippen molar-refractivity contribution in [1.82, 2.24) is 5.32 Å². The monoisotopic (exact) mass is 243 g/mol. The zero-order valence-electron chi connectivity index (χ0n) is 10.1. The van der Waals surface area contributed by atoms with E-state index in [0.717, 1.165) is 6.08 Å². The number of carbonyl (C=O) groups is 3. The van der Waals surface area contributed by atoms with Crippen LogP contribution >= 0.6 is 0 Å². The molecule has 1 amide bonds. The molecular formula is C11H17NO5. The van der Waals surface area contributed by atoms with Crippen molar-refractivity contribution in [2.24, 2.45) is 5.92 Å². The van der Waals surface area contributed by atoms with Crippen LogP contribution in [0, 0.1) is 5.92 Å². The third-order valence-electron chi connectivity index (χ3n) is 1.88. The molecule has 0 saturated carbocycles. The summed E-state index contributed by atoms with van der Waals surface area (Å²) in [7, 11) is 0. The highest BCUT2D eigenvalue weighted by molar-refractivity contribution is 5.95. The van der Waals surface area contributed by atoms with E-state index in [2.05, 4.69) is 5.32 Å². The van der Waals surface area contributed by atoms with Gasteiger partial charge in [-0.15, -0.1) is 0 Å². The fourth-order valence-electron chi connectivity index (χ4n) is 1.08. The molecule has 17 heavy (non-hydrogen) atoms. The molecule has 0 aromatic rings. The minimum atomic E-state index is -1.22.